The molecule has 0 saturated carbocycles. The van der Waals surface area contributed by atoms with E-state index in [0.29, 0.717) is 25.3 Å². The van der Waals surface area contributed by atoms with Crippen molar-refractivity contribution in [2.24, 2.45) is 0 Å². The van der Waals surface area contributed by atoms with Gasteiger partial charge < -0.3 is 14.4 Å². The average molecular weight is 526 g/mol. The first-order chi connectivity index (χ1) is 18.5. The summed E-state index contributed by atoms with van der Waals surface area (Å²) in [6.07, 6.45) is 6.05. The molecular weight excluding hydrogens is 490 g/mol. The van der Waals surface area contributed by atoms with Gasteiger partial charge in [-0.3, -0.25) is 4.79 Å². The number of ether oxygens (including phenoxy) is 1. The summed E-state index contributed by atoms with van der Waals surface area (Å²) in [5, 5.41) is 9.74. The topological polar surface area (TPSA) is 51.5 Å². The number of allylic oxidation sites excluding steroid dienone is 2. The second-order valence-corrected chi connectivity index (χ2v) is 10.4. The van der Waals surface area contributed by atoms with Gasteiger partial charge in [0.2, 0.25) is 0 Å². The monoisotopic (exact) mass is 525 g/mol. The largest absolute Gasteiger partial charge is 0.513 e. The Morgan fingerprint density at radius 1 is 0.947 bits per heavy atom. The van der Waals surface area contributed by atoms with Gasteiger partial charge >= 0.3 is 0 Å². The smallest absolute Gasteiger partial charge is 0.250 e. The van der Waals surface area contributed by atoms with Gasteiger partial charge in [-0.05, 0) is 77.9 Å². The maximum absolute atomic E-state index is 12.7. The van der Waals surface area contributed by atoms with Crippen molar-refractivity contribution in [1.82, 2.24) is 4.57 Å². The van der Waals surface area contributed by atoms with E-state index in [4.69, 9.17) is 4.74 Å². The number of aliphatic hydroxyl groups is 1. The summed E-state index contributed by atoms with van der Waals surface area (Å²) in [5.41, 5.74) is 5.74. The summed E-state index contributed by atoms with van der Waals surface area (Å²) in [6.45, 7) is 5.30. The minimum Gasteiger partial charge on any atom is -0.513 e. The molecule has 0 fully saturated rings. The molecule has 0 aliphatic rings. The Hall–Kier alpha value is -3.70. The molecule has 5 heteroatoms. The molecule has 4 aromatic rings. The van der Waals surface area contributed by atoms with Crippen molar-refractivity contribution >= 4 is 11.8 Å². The van der Waals surface area contributed by atoms with E-state index < -0.39 is 0 Å². The first-order valence-corrected chi connectivity index (χ1v) is 14.1. The first-order valence-electron chi connectivity index (χ1n) is 13.1. The van der Waals surface area contributed by atoms with Crippen LogP contribution >= 0.6 is 11.8 Å². The van der Waals surface area contributed by atoms with Crippen molar-refractivity contribution in [2.45, 2.75) is 44.6 Å². The highest BCUT2D eigenvalue weighted by Gasteiger charge is 2.10. The van der Waals surface area contributed by atoms with Crippen molar-refractivity contribution in [2.75, 3.05) is 12.4 Å². The predicted molar refractivity (Wildman–Crippen MR) is 159 cm³/mol. The van der Waals surface area contributed by atoms with Crippen LogP contribution in [0.1, 0.15) is 31.7 Å². The summed E-state index contributed by atoms with van der Waals surface area (Å²) >= 11 is 1.70. The van der Waals surface area contributed by atoms with E-state index >= 15 is 0 Å². The van der Waals surface area contributed by atoms with E-state index in [9.17, 15) is 9.90 Å². The van der Waals surface area contributed by atoms with Gasteiger partial charge in [-0.15, -0.1) is 11.8 Å². The maximum Gasteiger partial charge on any atom is 0.250 e. The number of benzene rings is 3. The van der Waals surface area contributed by atoms with E-state index in [0.717, 1.165) is 40.4 Å². The quantitative estimate of drug-likeness (QED) is 0.115. The molecule has 0 aliphatic carbocycles. The molecule has 0 saturated heterocycles. The third kappa shape index (κ3) is 7.42. The van der Waals surface area contributed by atoms with Crippen molar-refractivity contribution < 1.29 is 9.84 Å². The van der Waals surface area contributed by atoms with Crippen LogP contribution in [-0.2, 0) is 6.54 Å². The van der Waals surface area contributed by atoms with Crippen LogP contribution in [0.25, 0.3) is 22.3 Å². The van der Waals surface area contributed by atoms with E-state index in [1.54, 1.807) is 22.4 Å². The number of nitrogens with zero attached hydrogens (tertiary/aromatic N) is 1. The number of aryl methyl sites for hydroxylation is 2. The predicted octanol–water partition coefficient (Wildman–Crippen LogP) is 8.29. The average Bonchev–Trinajstić information content (AvgIpc) is 2.93. The van der Waals surface area contributed by atoms with Crippen LogP contribution in [0.2, 0.25) is 0 Å². The number of thioether (sulfide) groups is 1. The standard InChI is InChI=1S/C33H35NO3S/c1-3-10-27(35)12-9-21-37-28-13-8-14-29(23-28)38-22-20-34-24-26(18-19-33(34)36)31-16-6-7-17-32(31)30-15-5-4-11-25(30)2/h4-8,10-11,13-19,23-24,35H,3,9,12,20-22H2,1-2H3/b27-10-. The Balaban J connectivity index is 1.40. The van der Waals surface area contributed by atoms with Crippen LogP contribution in [0.5, 0.6) is 5.75 Å². The molecule has 1 heterocycles. The minimum absolute atomic E-state index is 0.000169. The van der Waals surface area contributed by atoms with E-state index in [2.05, 4.69) is 55.5 Å². The molecule has 4 nitrogen and oxygen atoms in total. The molecule has 3 aromatic carbocycles. The van der Waals surface area contributed by atoms with E-state index in [-0.39, 0.29) is 5.56 Å². The summed E-state index contributed by atoms with van der Waals surface area (Å²) in [6, 6.07) is 28.4. The fourth-order valence-corrected chi connectivity index (χ4v) is 5.30. The fourth-order valence-electron chi connectivity index (χ4n) is 4.41. The summed E-state index contributed by atoms with van der Waals surface area (Å²) in [7, 11) is 0. The third-order valence-electron chi connectivity index (χ3n) is 6.35. The zero-order chi connectivity index (χ0) is 26.7. The lowest BCUT2D eigenvalue weighted by Gasteiger charge is -2.14. The molecule has 0 radical (unpaired) electrons. The lowest BCUT2D eigenvalue weighted by Crippen LogP contribution is -2.19. The summed E-state index contributed by atoms with van der Waals surface area (Å²) < 4.78 is 7.67. The highest BCUT2D eigenvalue weighted by molar-refractivity contribution is 7.99. The molecule has 0 atom stereocenters. The van der Waals surface area contributed by atoms with E-state index in [1.165, 1.54) is 16.7 Å². The van der Waals surface area contributed by atoms with Crippen LogP contribution in [-0.4, -0.2) is 22.0 Å². The third-order valence-corrected chi connectivity index (χ3v) is 7.32. The van der Waals surface area contributed by atoms with Crippen LogP contribution in [0.3, 0.4) is 0 Å². The zero-order valence-electron chi connectivity index (χ0n) is 22.1. The number of hydrogen-bond donors (Lipinski definition) is 1. The minimum atomic E-state index is 0.000169. The fraction of sp³-hybridized carbons (Fsp3) is 0.242. The summed E-state index contributed by atoms with van der Waals surface area (Å²) in [4.78, 5) is 13.8. The van der Waals surface area contributed by atoms with Crippen LogP contribution in [0, 0.1) is 6.92 Å². The Morgan fingerprint density at radius 2 is 1.71 bits per heavy atom. The van der Waals surface area contributed by atoms with Gasteiger partial charge in [0.15, 0.2) is 0 Å². The molecule has 0 amide bonds. The number of aromatic nitrogens is 1. The molecule has 1 N–H and O–H groups in total. The number of aliphatic hydroxyl groups excluding tert-OH is 1. The molecular formula is C33H35NO3S. The number of pyridine rings is 1. The van der Waals surface area contributed by atoms with Crippen LogP contribution in [0.15, 0.2) is 113 Å². The SMILES string of the molecule is CC/C=C(\O)CCCOc1cccc(SCCn2cc(-c3ccccc3-c3ccccc3C)ccc2=O)c1. The molecule has 4 rings (SSSR count). The van der Waals surface area contributed by atoms with Crippen molar-refractivity contribution in [3.63, 3.8) is 0 Å². The highest BCUT2D eigenvalue weighted by atomic mass is 32.2. The Kier molecular flexibility index (Phi) is 9.88. The van der Waals surface area contributed by atoms with Crippen LogP contribution in [0.4, 0.5) is 0 Å². The van der Waals surface area contributed by atoms with Crippen molar-refractivity contribution in [1.29, 1.82) is 0 Å². The maximum atomic E-state index is 12.7. The molecule has 1 aromatic heterocycles. The number of rotatable bonds is 12. The Morgan fingerprint density at radius 3 is 2.50 bits per heavy atom. The Bertz CT molecular complexity index is 1440. The molecule has 0 unspecified atom stereocenters. The number of hydrogen-bond acceptors (Lipinski definition) is 4. The molecule has 0 aliphatic heterocycles. The van der Waals surface area contributed by atoms with Crippen LogP contribution < -0.4 is 10.3 Å². The highest BCUT2D eigenvalue weighted by Crippen LogP contribution is 2.33. The van der Waals surface area contributed by atoms with Gasteiger partial charge in [0.25, 0.3) is 5.56 Å². The van der Waals surface area contributed by atoms with Gasteiger partial charge in [0.1, 0.15) is 5.75 Å². The van der Waals surface area contributed by atoms with Gasteiger partial charge in [-0.2, -0.15) is 0 Å². The van der Waals surface area contributed by atoms with Gasteiger partial charge in [0, 0.05) is 35.9 Å². The zero-order valence-corrected chi connectivity index (χ0v) is 22.9. The molecule has 38 heavy (non-hydrogen) atoms. The lowest BCUT2D eigenvalue weighted by atomic mass is 9.93. The molecule has 0 spiro atoms. The normalized spacial score (nSPS) is 11.5. The van der Waals surface area contributed by atoms with Gasteiger partial charge in [0.05, 0.1) is 12.4 Å². The van der Waals surface area contributed by atoms with Crippen molar-refractivity contribution in [3.8, 4) is 28.0 Å². The second-order valence-electron chi connectivity index (χ2n) is 9.19. The van der Waals surface area contributed by atoms with E-state index in [1.807, 2.05) is 49.5 Å². The second kappa shape index (κ2) is 13.7. The Labute approximate surface area is 229 Å². The lowest BCUT2D eigenvalue weighted by molar-refractivity contribution is 0.294. The van der Waals surface area contributed by atoms with Gasteiger partial charge in [-0.1, -0.05) is 61.5 Å². The van der Waals surface area contributed by atoms with Gasteiger partial charge in [-0.25, -0.2) is 0 Å². The first kappa shape index (κ1) is 27.3. The van der Waals surface area contributed by atoms with Crippen molar-refractivity contribution in [3.05, 3.63) is 119 Å². The molecule has 196 valence electrons. The molecule has 0 bridgehead atoms. The summed E-state index contributed by atoms with van der Waals surface area (Å²) in [5.74, 6) is 2.02.